The van der Waals surface area contributed by atoms with Gasteiger partial charge in [0.05, 0.1) is 0 Å². The van der Waals surface area contributed by atoms with Crippen molar-refractivity contribution < 1.29 is 0 Å². The van der Waals surface area contributed by atoms with Crippen LogP contribution in [0, 0.1) is 0 Å². The van der Waals surface area contributed by atoms with Gasteiger partial charge in [0.1, 0.15) is 0 Å². The van der Waals surface area contributed by atoms with E-state index in [0.717, 1.165) is 25.2 Å². The molecule has 0 fully saturated rings. The average Bonchev–Trinajstić information content (AvgIpc) is 2.19. The summed E-state index contributed by atoms with van der Waals surface area (Å²) in [6.45, 7) is 2.07. The molecule has 72 valence electrons. The van der Waals surface area contributed by atoms with Crippen LogP contribution in [0.2, 0.25) is 0 Å². The Morgan fingerprint density at radius 3 is 3.07 bits per heavy atom. The Kier molecular flexibility index (Phi) is 2.39. The number of likely N-dealkylation sites (N-methyl/N-ethyl adjacent to an activating group) is 1. The van der Waals surface area contributed by atoms with E-state index < -0.39 is 0 Å². The lowest BCUT2D eigenvalue weighted by Gasteiger charge is -2.24. The SMILES string of the molecule is CN1CCc2cc(N=[N+]=[N-])ccc2C1. The highest BCUT2D eigenvalue weighted by atomic mass is 15.1. The van der Waals surface area contributed by atoms with Gasteiger partial charge in [0, 0.05) is 23.7 Å². The smallest absolute Gasteiger partial charge is 0.0378 e. The molecule has 1 aromatic carbocycles. The number of azide groups is 1. The topological polar surface area (TPSA) is 52.0 Å². The second-order valence-corrected chi connectivity index (χ2v) is 3.63. The third-order valence-corrected chi connectivity index (χ3v) is 2.55. The number of rotatable bonds is 1. The highest BCUT2D eigenvalue weighted by Crippen LogP contribution is 2.23. The van der Waals surface area contributed by atoms with E-state index in [1.807, 2.05) is 12.1 Å². The van der Waals surface area contributed by atoms with Crippen molar-refractivity contribution in [1.29, 1.82) is 0 Å². The average molecular weight is 188 g/mol. The summed E-state index contributed by atoms with van der Waals surface area (Å²) in [4.78, 5) is 5.07. The van der Waals surface area contributed by atoms with E-state index in [9.17, 15) is 0 Å². The molecule has 0 atom stereocenters. The summed E-state index contributed by atoms with van der Waals surface area (Å²) in [5.74, 6) is 0. The molecule has 1 aliphatic rings. The maximum atomic E-state index is 8.32. The Labute approximate surface area is 82.8 Å². The van der Waals surface area contributed by atoms with Crippen LogP contribution in [0.25, 0.3) is 10.4 Å². The van der Waals surface area contributed by atoms with Gasteiger partial charge in [-0.25, -0.2) is 0 Å². The molecule has 4 nitrogen and oxygen atoms in total. The Bertz CT molecular complexity index is 393. The lowest BCUT2D eigenvalue weighted by Crippen LogP contribution is -2.26. The quantitative estimate of drug-likeness (QED) is 0.379. The second-order valence-electron chi connectivity index (χ2n) is 3.63. The van der Waals surface area contributed by atoms with E-state index in [-0.39, 0.29) is 0 Å². The third-order valence-electron chi connectivity index (χ3n) is 2.55. The van der Waals surface area contributed by atoms with Crippen LogP contribution in [0.5, 0.6) is 0 Å². The highest BCUT2D eigenvalue weighted by Gasteiger charge is 2.12. The van der Waals surface area contributed by atoms with Crippen molar-refractivity contribution >= 4 is 5.69 Å². The lowest BCUT2D eigenvalue weighted by atomic mass is 10.00. The molecule has 0 amide bonds. The number of hydrogen-bond acceptors (Lipinski definition) is 2. The summed E-state index contributed by atoms with van der Waals surface area (Å²) in [5.41, 5.74) is 11.7. The fraction of sp³-hybridized carbons (Fsp3) is 0.400. The van der Waals surface area contributed by atoms with Crippen LogP contribution in [0.15, 0.2) is 23.3 Å². The van der Waals surface area contributed by atoms with Crippen molar-refractivity contribution in [3.63, 3.8) is 0 Å². The zero-order chi connectivity index (χ0) is 9.97. The normalized spacial score (nSPS) is 15.8. The van der Waals surface area contributed by atoms with E-state index in [2.05, 4.69) is 28.0 Å². The monoisotopic (exact) mass is 188 g/mol. The minimum atomic E-state index is 0.718. The van der Waals surface area contributed by atoms with Gasteiger partial charge in [-0.1, -0.05) is 17.2 Å². The Morgan fingerprint density at radius 1 is 1.43 bits per heavy atom. The largest absolute Gasteiger partial charge is 0.302 e. The molecule has 0 bridgehead atoms. The Hall–Kier alpha value is -1.51. The summed E-state index contributed by atoms with van der Waals surface area (Å²) >= 11 is 0. The molecular weight excluding hydrogens is 176 g/mol. The highest BCUT2D eigenvalue weighted by molar-refractivity contribution is 5.45. The van der Waals surface area contributed by atoms with E-state index in [1.165, 1.54) is 11.1 Å². The summed E-state index contributed by atoms with van der Waals surface area (Å²) in [5, 5.41) is 3.60. The predicted molar refractivity (Wildman–Crippen MR) is 55.3 cm³/mol. The maximum absolute atomic E-state index is 8.32. The molecule has 1 heterocycles. The molecule has 4 heteroatoms. The summed E-state index contributed by atoms with van der Waals surface area (Å²) in [6.07, 6.45) is 1.04. The first-order chi connectivity index (χ1) is 6.79. The Balaban J connectivity index is 2.35. The van der Waals surface area contributed by atoms with Crippen molar-refractivity contribution in [3.05, 3.63) is 39.8 Å². The number of nitrogens with zero attached hydrogens (tertiary/aromatic N) is 4. The molecule has 0 aromatic heterocycles. The second kappa shape index (κ2) is 3.70. The summed E-state index contributed by atoms with van der Waals surface area (Å²) in [6, 6.07) is 5.91. The van der Waals surface area contributed by atoms with Crippen LogP contribution in [0.3, 0.4) is 0 Å². The van der Waals surface area contributed by atoms with Crippen LogP contribution in [-0.2, 0) is 13.0 Å². The standard InChI is InChI=1S/C10H12N4/c1-14-5-4-8-6-10(12-13-11)3-2-9(8)7-14/h2-3,6H,4-5,7H2,1H3. The lowest BCUT2D eigenvalue weighted by molar-refractivity contribution is 0.313. The van der Waals surface area contributed by atoms with Gasteiger partial charge in [-0.2, -0.15) is 0 Å². The molecule has 0 radical (unpaired) electrons. The zero-order valence-electron chi connectivity index (χ0n) is 8.14. The first kappa shape index (κ1) is 9.06. The molecule has 0 unspecified atom stereocenters. The minimum absolute atomic E-state index is 0.718. The summed E-state index contributed by atoms with van der Waals surface area (Å²) in [7, 11) is 2.12. The van der Waals surface area contributed by atoms with Gasteiger partial charge in [0.2, 0.25) is 0 Å². The van der Waals surface area contributed by atoms with Crippen LogP contribution < -0.4 is 0 Å². The molecule has 0 spiro atoms. The van der Waals surface area contributed by atoms with E-state index in [1.54, 1.807) is 0 Å². The minimum Gasteiger partial charge on any atom is -0.302 e. The van der Waals surface area contributed by atoms with Gasteiger partial charge in [-0.15, -0.1) is 0 Å². The van der Waals surface area contributed by atoms with Crippen LogP contribution in [0.4, 0.5) is 5.69 Å². The fourth-order valence-corrected chi connectivity index (χ4v) is 1.79. The van der Waals surface area contributed by atoms with Gasteiger partial charge >= 0.3 is 0 Å². The van der Waals surface area contributed by atoms with Crippen molar-refractivity contribution in [3.8, 4) is 0 Å². The molecule has 0 saturated carbocycles. The summed E-state index contributed by atoms with van der Waals surface area (Å²) < 4.78 is 0. The molecular formula is C10H12N4. The maximum Gasteiger partial charge on any atom is 0.0378 e. The van der Waals surface area contributed by atoms with Crippen LogP contribution >= 0.6 is 0 Å². The molecule has 2 rings (SSSR count). The van der Waals surface area contributed by atoms with Gasteiger partial charge in [0.25, 0.3) is 0 Å². The van der Waals surface area contributed by atoms with Crippen molar-refractivity contribution in [2.24, 2.45) is 5.11 Å². The van der Waals surface area contributed by atoms with E-state index >= 15 is 0 Å². The third kappa shape index (κ3) is 1.71. The number of hydrogen-bond donors (Lipinski definition) is 0. The van der Waals surface area contributed by atoms with E-state index in [0.29, 0.717) is 0 Å². The number of fused-ring (bicyclic) bond motifs is 1. The fourth-order valence-electron chi connectivity index (χ4n) is 1.79. The molecule has 0 N–H and O–H groups in total. The zero-order valence-corrected chi connectivity index (χ0v) is 8.14. The molecule has 1 aromatic rings. The first-order valence-corrected chi connectivity index (χ1v) is 4.65. The number of benzene rings is 1. The van der Waals surface area contributed by atoms with Gasteiger partial charge in [-0.05, 0) is 36.2 Å². The van der Waals surface area contributed by atoms with Crippen molar-refractivity contribution in [2.45, 2.75) is 13.0 Å². The van der Waals surface area contributed by atoms with E-state index in [4.69, 9.17) is 5.53 Å². The molecule has 1 aliphatic heterocycles. The molecule has 0 aliphatic carbocycles. The van der Waals surface area contributed by atoms with Gasteiger partial charge < -0.3 is 4.90 Å². The Morgan fingerprint density at radius 2 is 2.29 bits per heavy atom. The van der Waals surface area contributed by atoms with Crippen LogP contribution in [-0.4, -0.2) is 18.5 Å². The predicted octanol–water partition coefficient (Wildman–Crippen LogP) is 2.62. The molecule has 14 heavy (non-hydrogen) atoms. The van der Waals surface area contributed by atoms with Crippen LogP contribution in [0.1, 0.15) is 11.1 Å². The first-order valence-electron chi connectivity index (χ1n) is 4.65. The van der Waals surface area contributed by atoms with Gasteiger partial charge in [-0.3, -0.25) is 0 Å². The van der Waals surface area contributed by atoms with Crippen molar-refractivity contribution in [1.82, 2.24) is 4.90 Å². The van der Waals surface area contributed by atoms with Gasteiger partial charge in [0.15, 0.2) is 0 Å². The molecule has 0 saturated heterocycles. The van der Waals surface area contributed by atoms with Crippen molar-refractivity contribution in [2.75, 3.05) is 13.6 Å².